The van der Waals surface area contributed by atoms with Crippen molar-refractivity contribution in [1.82, 2.24) is 10.2 Å². The van der Waals surface area contributed by atoms with Crippen molar-refractivity contribution in [3.63, 3.8) is 0 Å². The molecule has 1 heterocycles. The summed E-state index contributed by atoms with van der Waals surface area (Å²) in [5.74, 6) is 0.0460. The van der Waals surface area contributed by atoms with Crippen LogP contribution in [0.2, 0.25) is 0 Å². The van der Waals surface area contributed by atoms with Crippen LogP contribution in [0.3, 0.4) is 0 Å². The molecule has 0 radical (unpaired) electrons. The SMILES string of the molecule is O=C(NCCO)C1CCCCN1Cc1ccccc1. The number of rotatable bonds is 5. The molecule has 1 aliphatic rings. The van der Waals surface area contributed by atoms with Gasteiger partial charge in [-0.1, -0.05) is 36.8 Å². The topological polar surface area (TPSA) is 52.6 Å². The summed E-state index contributed by atoms with van der Waals surface area (Å²) in [4.78, 5) is 14.3. The molecule has 1 unspecified atom stereocenters. The zero-order valence-corrected chi connectivity index (χ0v) is 11.2. The minimum atomic E-state index is -0.0551. The third kappa shape index (κ3) is 4.04. The van der Waals surface area contributed by atoms with Crippen molar-refractivity contribution >= 4 is 5.91 Å². The summed E-state index contributed by atoms with van der Waals surface area (Å²) in [6.45, 7) is 2.12. The summed E-state index contributed by atoms with van der Waals surface area (Å²) in [7, 11) is 0. The highest BCUT2D eigenvalue weighted by Crippen LogP contribution is 2.19. The zero-order chi connectivity index (χ0) is 13.5. The number of piperidine rings is 1. The fourth-order valence-corrected chi connectivity index (χ4v) is 2.59. The molecule has 1 aromatic rings. The van der Waals surface area contributed by atoms with E-state index in [0.717, 1.165) is 32.4 Å². The summed E-state index contributed by atoms with van der Waals surface area (Å²) < 4.78 is 0. The van der Waals surface area contributed by atoms with E-state index in [1.165, 1.54) is 5.56 Å². The summed E-state index contributed by atoms with van der Waals surface area (Å²) >= 11 is 0. The number of carbonyl (C=O) groups is 1. The van der Waals surface area contributed by atoms with E-state index >= 15 is 0 Å². The van der Waals surface area contributed by atoms with Crippen LogP contribution in [0.25, 0.3) is 0 Å². The Balaban J connectivity index is 1.97. The second-order valence-electron chi connectivity index (χ2n) is 4.98. The van der Waals surface area contributed by atoms with Gasteiger partial charge in [0.1, 0.15) is 0 Å². The number of amides is 1. The highest BCUT2D eigenvalue weighted by atomic mass is 16.3. The molecule has 1 saturated heterocycles. The van der Waals surface area contributed by atoms with E-state index in [0.29, 0.717) is 6.54 Å². The number of nitrogens with zero attached hydrogens (tertiary/aromatic N) is 1. The molecule has 1 aromatic carbocycles. The van der Waals surface area contributed by atoms with Gasteiger partial charge in [-0.15, -0.1) is 0 Å². The molecule has 1 atom stereocenters. The van der Waals surface area contributed by atoms with Crippen LogP contribution < -0.4 is 5.32 Å². The first-order valence-corrected chi connectivity index (χ1v) is 6.98. The average Bonchev–Trinajstić information content (AvgIpc) is 2.46. The fraction of sp³-hybridized carbons (Fsp3) is 0.533. The van der Waals surface area contributed by atoms with Crippen LogP contribution in [0.5, 0.6) is 0 Å². The molecule has 1 fully saturated rings. The van der Waals surface area contributed by atoms with Gasteiger partial charge in [0, 0.05) is 13.1 Å². The Kier molecular flexibility index (Phi) is 5.36. The molecule has 2 rings (SSSR count). The number of nitrogens with one attached hydrogen (secondary N) is 1. The van der Waals surface area contributed by atoms with Gasteiger partial charge in [-0.25, -0.2) is 0 Å². The Labute approximate surface area is 114 Å². The average molecular weight is 262 g/mol. The zero-order valence-electron chi connectivity index (χ0n) is 11.2. The monoisotopic (exact) mass is 262 g/mol. The van der Waals surface area contributed by atoms with Crippen LogP contribution in [0.15, 0.2) is 30.3 Å². The van der Waals surface area contributed by atoms with Gasteiger partial charge in [0.2, 0.25) is 5.91 Å². The van der Waals surface area contributed by atoms with Crippen molar-refractivity contribution in [2.24, 2.45) is 0 Å². The molecular weight excluding hydrogens is 240 g/mol. The van der Waals surface area contributed by atoms with Crippen molar-refractivity contribution in [2.45, 2.75) is 31.8 Å². The van der Waals surface area contributed by atoms with Gasteiger partial charge in [-0.3, -0.25) is 9.69 Å². The van der Waals surface area contributed by atoms with Crippen LogP contribution in [-0.2, 0) is 11.3 Å². The van der Waals surface area contributed by atoms with E-state index < -0.39 is 0 Å². The van der Waals surface area contributed by atoms with Gasteiger partial charge in [0.05, 0.1) is 12.6 Å². The first-order valence-electron chi connectivity index (χ1n) is 6.98. The Bertz CT molecular complexity index is 394. The van der Waals surface area contributed by atoms with Crippen molar-refractivity contribution < 1.29 is 9.90 Å². The Morgan fingerprint density at radius 2 is 2.11 bits per heavy atom. The van der Waals surface area contributed by atoms with E-state index in [9.17, 15) is 4.79 Å². The predicted molar refractivity (Wildman–Crippen MR) is 74.6 cm³/mol. The molecule has 0 saturated carbocycles. The first kappa shape index (κ1) is 14.0. The lowest BCUT2D eigenvalue weighted by molar-refractivity contribution is -0.128. The maximum atomic E-state index is 12.1. The van der Waals surface area contributed by atoms with Crippen LogP contribution >= 0.6 is 0 Å². The first-order chi connectivity index (χ1) is 9.31. The minimum absolute atomic E-state index is 0.00283. The molecule has 1 aliphatic heterocycles. The number of likely N-dealkylation sites (tertiary alicyclic amines) is 1. The summed E-state index contributed by atoms with van der Waals surface area (Å²) in [5.41, 5.74) is 1.24. The van der Waals surface area contributed by atoms with Crippen molar-refractivity contribution in [3.8, 4) is 0 Å². The molecule has 2 N–H and O–H groups in total. The van der Waals surface area contributed by atoms with Crippen LogP contribution in [0.4, 0.5) is 0 Å². The van der Waals surface area contributed by atoms with Crippen LogP contribution in [-0.4, -0.2) is 41.7 Å². The number of carbonyl (C=O) groups excluding carboxylic acids is 1. The molecule has 104 valence electrons. The number of aliphatic hydroxyl groups excluding tert-OH is 1. The van der Waals surface area contributed by atoms with Gasteiger partial charge >= 0.3 is 0 Å². The van der Waals surface area contributed by atoms with Gasteiger partial charge in [0.15, 0.2) is 0 Å². The highest BCUT2D eigenvalue weighted by Gasteiger charge is 2.28. The summed E-state index contributed by atoms with van der Waals surface area (Å²) in [6.07, 6.45) is 3.16. The largest absolute Gasteiger partial charge is 0.395 e. The van der Waals surface area contributed by atoms with Gasteiger partial charge in [0.25, 0.3) is 0 Å². The third-order valence-electron chi connectivity index (χ3n) is 3.56. The molecular formula is C15H22N2O2. The maximum Gasteiger partial charge on any atom is 0.237 e. The minimum Gasteiger partial charge on any atom is -0.395 e. The van der Waals surface area contributed by atoms with Crippen molar-refractivity contribution in [2.75, 3.05) is 19.7 Å². The molecule has 4 nitrogen and oxygen atoms in total. The van der Waals surface area contributed by atoms with E-state index in [1.807, 2.05) is 18.2 Å². The number of hydrogen-bond acceptors (Lipinski definition) is 3. The second kappa shape index (κ2) is 7.26. The lowest BCUT2D eigenvalue weighted by Crippen LogP contribution is -2.49. The molecule has 0 bridgehead atoms. The van der Waals surface area contributed by atoms with Gasteiger partial charge in [-0.05, 0) is 24.9 Å². The van der Waals surface area contributed by atoms with Gasteiger partial charge < -0.3 is 10.4 Å². The van der Waals surface area contributed by atoms with E-state index in [2.05, 4.69) is 22.3 Å². The van der Waals surface area contributed by atoms with Crippen LogP contribution in [0.1, 0.15) is 24.8 Å². The second-order valence-corrected chi connectivity index (χ2v) is 4.98. The molecule has 0 spiro atoms. The Morgan fingerprint density at radius 1 is 1.32 bits per heavy atom. The molecule has 1 amide bonds. The Morgan fingerprint density at radius 3 is 2.84 bits per heavy atom. The predicted octanol–water partition coefficient (Wildman–Crippen LogP) is 1.15. The standard InChI is InChI=1S/C15H22N2O2/c18-11-9-16-15(19)14-8-4-5-10-17(14)12-13-6-2-1-3-7-13/h1-3,6-7,14,18H,4-5,8-12H2,(H,16,19). The fourth-order valence-electron chi connectivity index (χ4n) is 2.59. The van der Waals surface area contributed by atoms with Crippen molar-refractivity contribution in [1.29, 1.82) is 0 Å². The summed E-state index contributed by atoms with van der Waals surface area (Å²) in [6, 6.07) is 10.2. The van der Waals surface area contributed by atoms with E-state index in [1.54, 1.807) is 0 Å². The molecule has 4 heteroatoms. The normalized spacial score (nSPS) is 20.2. The van der Waals surface area contributed by atoms with Crippen LogP contribution in [0, 0.1) is 0 Å². The smallest absolute Gasteiger partial charge is 0.237 e. The number of hydrogen-bond donors (Lipinski definition) is 2. The molecule has 19 heavy (non-hydrogen) atoms. The maximum absolute atomic E-state index is 12.1. The quantitative estimate of drug-likeness (QED) is 0.837. The third-order valence-corrected chi connectivity index (χ3v) is 3.56. The van der Waals surface area contributed by atoms with Gasteiger partial charge in [-0.2, -0.15) is 0 Å². The lowest BCUT2D eigenvalue weighted by Gasteiger charge is -2.34. The van der Waals surface area contributed by atoms with E-state index in [-0.39, 0.29) is 18.6 Å². The highest BCUT2D eigenvalue weighted by molar-refractivity contribution is 5.81. The molecule has 0 aliphatic carbocycles. The van der Waals surface area contributed by atoms with E-state index in [4.69, 9.17) is 5.11 Å². The van der Waals surface area contributed by atoms with Crippen molar-refractivity contribution in [3.05, 3.63) is 35.9 Å². The number of benzene rings is 1. The lowest BCUT2D eigenvalue weighted by atomic mass is 10.0. The Hall–Kier alpha value is -1.39. The summed E-state index contributed by atoms with van der Waals surface area (Å²) in [5, 5.41) is 11.6. The number of aliphatic hydroxyl groups is 1. The molecule has 0 aromatic heterocycles.